The SMILES string of the molecule is N#CC(C(=O)Cc1ccccc1)c1cc(Cl)cc(C(F)(F)F)c1. The van der Waals surface area contributed by atoms with Gasteiger partial charge in [0.15, 0.2) is 5.78 Å². The number of carbonyl (C=O) groups is 1. The Labute approximate surface area is 136 Å². The fraction of sp³-hybridized carbons (Fsp3) is 0.176. The summed E-state index contributed by atoms with van der Waals surface area (Å²) in [6.07, 6.45) is -4.63. The first-order valence-electron chi connectivity index (χ1n) is 6.65. The lowest BCUT2D eigenvalue weighted by atomic mass is 9.91. The van der Waals surface area contributed by atoms with Gasteiger partial charge in [0, 0.05) is 11.4 Å². The second-order valence-electron chi connectivity index (χ2n) is 4.96. The molecule has 2 aromatic rings. The van der Waals surface area contributed by atoms with Gasteiger partial charge >= 0.3 is 6.18 Å². The highest BCUT2D eigenvalue weighted by atomic mass is 35.5. The van der Waals surface area contributed by atoms with Gasteiger partial charge in [-0.05, 0) is 29.3 Å². The highest BCUT2D eigenvalue weighted by Crippen LogP contribution is 2.34. The van der Waals surface area contributed by atoms with E-state index in [1.54, 1.807) is 36.4 Å². The molecule has 0 amide bonds. The summed E-state index contributed by atoms with van der Waals surface area (Å²) in [5.74, 6) is -1.77. The fourth-order valence-electron chi connectivity index (χ4n) is 2.17. The molecule has 0 radical (unpaired) electrons. The molecule has 0 aromatic heterocycles. The Morgan fingerprint density at radius 2 is 1.83 bits per heavy atom. The molecular weight excluding hydrogens is 327 g/mol. The minimum Gasteiger partial charge on any atom is -0.297 e. The quantitative estimate of drug-likeness (QED) is 0.805. The first-order chi connectivity index (χ1) is 10.8. The molecule has 2 nitrogen and oxygen atoms in total. The van der Waals surface area contributed by atoms with Gasteiger partial charge in [-0.25, -0.2) is 0 Å². The van der Waals surface area contributed by atoms with Crippen molar-refractivity contribution < 1.29 is 18.0 Å². The number of hydrogen-bond donors (Lipinski definition) is 0. The Hall–Kier alpha value is -2.32. The summed E-state index contributed by atoms with van der Waals surface area (Å²) in [7, 11) is 0. The molecule has 1 atom stereocenters. The first-order valence-corrected chi connectivity index (χ1v) is 7.03. The van der Waals surface area contributed by atoms with Gasteiger partial charge < -0.3 is 0 Å². The van der Waals surface area contributed by atoms with Gasteiger partial charge in [0.05, 0.1) is 11.6 Å². The third kappa shape index (κ3) is 4.33. The maximum absolute atomic E-state index is 12.8. The molecule has 0 heterocycles. The van der Waals surface area contributed by atoms with Crippen LogP contribution in [0.3, 0.4) is 0 Å². The molecule has 1 unspecified atom stereocenters. The zero-order chi connectivity index (χ0) is 17.0. The predicted molar refractivity (Wildman–Crippen MR) is 80.0 cm³/mol. The Morgan fingerprint density at radius 3 is 2.39 bits per heavy atom. The highest BCUT2D eigenvalue weighted by Gasteiger charge is 2.32. The number of carbonyl (C=O) groups excluding carboxylic acids is 1. The van der Waals surface area contributed by atoms with E-state index in [1.807, 2.05) is 0 Å². The van der Waals surface area contributed by atoms with Crippen LogP contribution >= 0.6 is 11.6 Å². The van der Waals surface area contributed by atoms with Crippen molar-refractivity contribution in [2.75, 3.05) is 0 Å². The zero-order valence-electron chi connectivity index (χ0n) is 11.8. The summed E-state index contributed by atoms with van der Waals surface area (Å²) in [6, 6.07) is 13.2. The van der Waals surface area contributed by atoms with Crippen LogP contribution < -0.4 is 0 Å². The van der Waals surface area contributed by atoms with Gasteiger partial charge in [-0.15, -0.1) is 0 Å². The maximum atomic E-state index is 12.8. The molecule has 0 aliphatic heterocycles. The Balaban J connectivity index is 2.33. The third-order valence-corrected chi connectivity index (χ3v) is 3.47. The molecule has 118 valence electrons. The van der Waals surface area contributed by atoms with Crippen LogP contribution in [0.4, 0.5) is 13.2 Å². The minimum absolute atomic E-state index is 0.0348. The monoisotopic (exact) mass is 337 g/mol. The number of halogens is 4. The number of rotatable bonds is 4. The molecule has 2 aromatic carbocycles. The number of Topliss-reactive ketones (excluding diaryl/α,β-unsaturated/α-hetero) is 1. The smallest absolute Gasteiger partial charge is 0.297 e. The van der Waals surface area contributed by atoms with Gasteiger partial charge in [0.1, 0.15) is 5.92 Å². The van der Waals surface area contributed by atoms with Gasteiger partial charge in [-0.3, -0.25) is 4.79 Å². The van der Waals surface area contributed by atoms with Gasteiger partial charge in [-0.2, -0.15) is 18.4 Å². The van der Waals surface area contributed by atoms with E-state index in [1.165, 1.54) is 6.07 Å². The summed E-state index contributed by atoms with van der Waals surface area (Å²) in [4.78, 5) is 12.3. The molecule has 0 fully saturated rings. The summed E-state index contributed by atoms with van der Waals surface area (Å²) in [6.45, 7) is 0. The second kappa shape index (κ2) is 6.84. The largest absolute Gasteiger partial charge is 0.416 e. The molecule has 0 saturated heterocycles. The summed E-state index contributed by atoms with van der Waals surface area (Å²) in [5, 5.41) is 9.05. The standard InChI is InChI=1S/C17H11ClF3NO/c18-14-8-12(7-13(9-14)17(19,20)21)15(10-22)16(23)6-11-4-2-1-3-5-11/h1-5,7-9,15H,6H2. The summed E-state index contributed by atoms with van der Waals surface area (Å²) < 4.78 is 38.5. The van der Waals surface area contributed by atoms with Crippen LogP contribution in [-0.2, 0) is 17.4 Å². The maximum Gasteiger partial charge on any atom is 0.416 e. The van der Waals surface area contributed by atoms with Crippen LogP contribution in [0, 0.1) is 11.3 Å². The van der Waals surface area contributed by atoms with Crippen molar-refractivity contribution in [3.8, 4) is 6.07 Å². The molecule has 0 aliphatic carbocycles. The van der Waals surface area contributed by atoms with Gasteiger partial charge in [-0.1, -0.05) is 41.9 Å². The van der Waals surface area contributed by atoms with Crippen molar-refractivity contribution in [1.82, 2.24) is 0 Å². The normalized spacial score (nSPS) is 12.5. The van der Waals surface area contributed by atoms with Crippen LogP contribution in [0.5, 0.6) is 0 Å². The predicted octanol–water partition coefficient (Wildman–Crippen LogP) is 4.78. The average Bonchev–Trinajstić information content (AvgIpc) is 2.47. The van der Waals surface area contributed by atoms with E-state index in [2.05, 4.69) is 0 Å². The Bertz CT molecular complexity index is 751. The highest BCUT2D eigenvalue weighted by molar-refractivity contribution is 6.30. The number of alkyl halides is 3. The van der Waals surface area contributed by atoms with Crippen molar-refractivity contribution >= 4 is 17.4 Å². The van der Waals surface area contributed by atoms with E-state index in [4.69, 9.17) is 11.6 Å². The topological polar surface area (TPSA) is 40.9 Å². The molecule has 2 rings (SSSR count). The van der Waals surface area contributed by atoms with E-state index in [9.17, 15) is 23.2 Å². The van der Waals surface area contributed by atoms with Gasteiger partial charge in [0.2, 0.25) is 0 Å². The van der Waals surface area contributed by atoms with E-state index < -0.39 is 23.4 Å². The lowest BCUT2D eigenvalue weighted by Crippen LogP contribution is -2.15. The molecule has 0 saturated carbocycles. The van der Waals surface area contributed by atoms with E-state index in [0.29, 0.717) is 5.56 Å². The van der Waals surface area contributed by atoms with Crippen LogP contribution in [0.25, 0.3) is 0 Å². The summed E-state index contributed by atoms with van der Waals surface area (Å²) in [5.41, 5.74) is -0.336. The number of hydrogen-bond acceptors (Lipinski definition) is 2. The van der Waals surface area contributed by atoms with Crippen molar-refractivity contribution in [2.45, 2.75) is 18.5 Å². The number of benzene rings is 2. The number of nitrogens with zero attached hydrogens (tertiary/aromatic N) is 1. The average molecular weight is 338 g/mol. The molecular formula is C17H11ClF3NO. The van der Waals surface area contributed by atoms with Crippen molar-refractivity contribution in [2.24, 2.45) is 0 Å². The second-order valence-corrected chi connectivity index (χ2v) is 5.40. The van der Waals surface area contributed by atoms with Crippen LogP contribution in [-0.4, -0.2) is 5.78 Å². The van der Waals surface area contributed by atoms with Crippen molar-refractivity contribution in [3.63, 3.8) is 0 Å². The van der Waals surface area contributed by atoms with Crippen LogP contribution in [0.2, 0.25) is 5.02 Å². The lowest BCUT2D eigenvalue weighted by Gasteiger charge is -2.13. The van der Waals surface area contributed by atoms with E-state index >= 15 is 0 Å². The third-order valence-electron chi connectivity index (χ3n) is 3.25. The molecule has 0 bridgehead atoms. The number of nitriles is 1. The van der Waals surface area contributed by atoms with Gasteiger partial charge in [0.25, 0.3) is 0 Å². The van der Waals surface area contributed by atoms with Crippen molar-refractivity contribution in [3.05, 3.63) is 70.2 Å². The zero-order valence-corrected chi connectivity index (χ0v) is 12.5. The fourth-order valence-corrected chi connectivity index (χ4v) is 2.42. The summed E-state index contributed by atoms with van der Waals surface area (Å²) >= 11 is 5.70. The molecule has 23 heavy (non-hydrogen) atoms. The van der Waals surface area contributed by atoms with Crippen molar-refractivity contribution in [1.29, 1.82) is 5.26 Å². The van der Waals surface area contributed by atoms with E-state index in [-0.39, 0.29) is 17.0 Å². The number of ketones is 1. The lowest BCUT2D eigenvalue weighted by molar-refractivity contribution is -0.137. The van der Waals surface area contributed by atoms with Crippen LogP contribution in [0.1, 0.15) is 22.6 Å². The first kappa shape index (κ1) is 17.0. The molecule has 0 spiro atoms. The molecule has 0 aliphatic rings. The van der Waals surface area contributed by atoms with Crippen LogP contribution in [0.15, 0.2) is 48.5 Å². The molecule has 6 heteroatoms. The van der Waals surface area contributed by atoms with E-state index in [0.717, 1.165) is 12.1 Å². The Kier molecular flexibility index (Phi) is 5.07. The molecule has 0 N–H and O–H groups in total. The minimum atomic E-state index is -4.60. The Morgan fingerprint density at radius 1 is 1.17 bits per heavy atom.